The normalized spacial score (nSPS) is 13.6. The summed E-state index contributed by atoms with van der Waals surface area (Å²) in [6.45, 7) is 0. The van der Waals surface area contributed by atoms with Gasteiger partial charge in [-0.15, -0.1) is 0 Å². The van der Waals surface area contributed by atoms with Crippen LogP contribution in [0.2, 0.25) is 0 Å². The number of rotatable bonds is 5. The summed E-state index contributed by atoms with van der Waals surface area (Å²) >= 11 is 0. The predicted molar refractivity (Wildman–Crippen MR) is 278 cm³/mol. The summed E-state index contributed by atoms with van der Waals surface area (Å²) in [6, 6.07) is 80.3. The van der Waals surface area contributed by atoms with Crippen LogP contribution in [0.1, 0.15) is 39.8 Å². The van der Waals surface area contributed by atoms with Crippen molar-refractivity contribution in [2.75, 3.05) is 0 Å². The summed E-state index contributed by atoms with van der Waals surface area (Å²) in [4.78, 5) is 10.3. The van der Waals surface area contributed by atoms with E-state index in [1.165, 1.54) is 99.4 Å². The standard InChI is InChI=1S/C65H42N2/c1-3-17-41(18-4-1)61-40-62(67-64(66-61)42-19-5-2-6-20-42)46-22-15-21-45(37-46)47-28-16-29-53-48-23-7-8-24-49(48)55-38-43(33-35-54(55)63(47)53)44-34-36-60-56(39-44)52-27-11-14-32-59(52)65(60)57-30-12-9-25-50(57)51-26-10-13-31-58(51)65/h1-6,8-22,24-40H,7,23H2. The molecule has 0 bridgehead atoms. The summed E-state index contributed by atoms with van der Waals surface area (Å²) in [5.41, 5.74) is 23.0. The molecule has 1 heterocycles. The van der Waals surface area contributed by atoms with Crippen molar-refractivity contribution < 1.29 is 0 Å². The van der Waals surface area contributed by atoms with Gasteiger partial charge >= 0.3 is 0 Å². The summed E-state index contributed by atoms with van der Waals surface area (Å²) in [7, 11) is 0. The van der Waals surface area contributed by atoms with Gasteiger partial charge in [-0.1, -0.05) is 206 Å². The van der Waals surface area contributed by atoms with Gasteiger partial charge in [0.05, 0.1) is 16.8 Å². The average molecular weight is 851 g/mol. The Bertz CT molecular complexity index is 3760. The number of benzene rings is 10. The molecule has 0 aliphatic heterocycles. The molecule has 0 saturated heterocycles. The van der Waals surface area contributed by atoms with Crippen molar-refractivity contribution in [1.82, 2.24) is 9.97 Å². The van der Waals surface area contributed by atoms with Crippen LogP contribution in [0.15, 0.2) is 224 Å². The van der Waals surface area contributed by atoms with Crippen LogP contribution >= 0.6 is 0 Å². The fourth-order valence-electron chi connectivity index (χ4n) is 11.9. The summed E-state index contributed by atoms with van der Waals surface area (Å²) < 4.78 is 0. The minimum Gasteiger partial charge on any atom is -0.228 e. The van der Waals surface area contributed by atoms with E-state index in [0.29, 0.717) is 0 Å². The number of aryl methyl sites for hydroxylation is 1. The molecule has 1 aromatic heterocycles. The molecule has 2 nitrogen and oxygen atoms in total. The number of hydrogen-bond donors (Lipinski definition) is 0. The maximum atomic E-state index is 5.20. The Labute approximate surface area is 390 Å². The molecular formula is C65H42N2. The van der Waals surface area contributed by atoms with E-state index in [1.54, 1.807) is 0 Å². The lowest BCUT2D eigenvalue weighted by molar-refractivity contribution is 0.794. The van der Waals surface area contributed by atoms with Crippen molar-refractivity contribution in [2.45, 2.75) is 18.3 Å². The maximum absolute atomic E-state index is 5.20. The average Bonchev–Trinajstić information content (AvgIpc) is 3.88. The lowest BCUT2D eigenvalue weighted by Crippen LogP contribution is -2.25. The van der Waals surface area contributed by atoms with Crippen molar-refractivity contribution in [3.05, 3.63) is 258 Å². The molecule has 10 aromatic carbocycles. The zero-order valence-electron chi connectivity index (χ0n) is 36.7. The monoisotopic (exact) mass is 850 g/mol. The van der Waals surface area contributed by atoms with Gasteiger partial charge in [0.2, 0.25) is 0 Å². The van der Waals surface area contributed by atoms with E-state index in [0.717, 1.165) is 46.7 Å². The topological polar surface area (TPSA) is 25.8 Å². The second-order valence-electron chi connectivity index (χ2n) is 18.2. The van der Waals surface area contributed by atoms with Gasteiger partial charge in [-0.3, -0.25) is 0 Å². The Kier molecular flexibility index (Phi) is 8.36. The van der Waals surface area contributed by atoms with Crippen molar-refractivity contribution in [3.8, 4) is 78.4 Å². The third-order valence-corrected chi connectivity index (χ3v) is 14.8. The van der Waals surface area contributed by atoms with Gasteiger partial charge in [-0.25, -0.2) is 9.97 Å². The van der Waals surface area contributed by atoms with Gasteiger partial charge in [0.15, 0.2) is 5.82 Å². The van der Waals surface area contributed by atoms with E-state index >= 15 is 0 Å². The highest BCUT2D eigenvalue weighted by Crippen LogP contribution is 2.63. The van der Waals surface area contributed by atoms with Gasteiger partial charge in [0.25, 0.3) is 0 Å². The number of fused-ring (bicyclic) bond motifs is 16. The third kappa shape index (κ3) is 5.63. The Morgan fingerprint density at radius 3 is 1.63 bits per heavy atom. The summed E-state index contributed by atoms with van der Waals surface area (Å²) in [5.74, 6) is 0.718. The molecule has 0 saturated carbocycles. The molecule has 1 spiro atoms. The number of aromatic nitrogens is 2. The lowest BCUT2D eigenvalue weighted by Gasteiger charge is -2.30. The molecule has 0 atom stereocenters. The van der Waals surface area contributed by atoms with Gasteiger partial charge < -0.3 is 0 Å². The van der Waals surface area contributed by atoms with E-state index < -0.39 is 0 Å². The van der Waals surface area contributed by atoms with Gasteiger partial charge in [-0.2, -0.15) is 0 Å². The molecular weight excluding hydrogens is 809 g/mol. The molecule has 3 aliphatic carbocycles. The first-order chi connectivity index (χ1) is 33.2. The largest absolute Gasteiger partial charge is 0.228 e. The van der Waals surface area contributed by atoms with Crippen LogP contribution in [0.5, 0.6) is 0 Å². The number of hydrogen-bond acceptors (Lipinski definition) is 2. The molecule has 0 unspecified atom stereocenters. The van der Waals surface area contributed by atoms with E-state index in [2.05, 4.69) is 206 Å². The highest BCUT2D eigenvalue weighted by Gasteiger charge is 2.51. The van der Waals surface area contributed by atoms with Crippen molar-refractivity contribution in [3.63, 3.8) is 0 Å². The summed E-state index contributed by atoms with van der Waals surface area (Å²) in [5, 5.41) is 5.20. The Morgan fingerprint density at radius 2 is 0.896 bits per heavy atom. The van der Waals surface area contributed by atoms with Crippen LogP contribution in [0, 0.1) is 0 Å². The van der Waals surface area contributed by atoms with E-state index in [9.17, 15) is 0 Å². The van der Waals surface area contributed by atoms with Crippen LogP contribution in [-0.4, -0.2) is 9.97 Å². The second-order valence-corrected chi connectivity index (χ2v) is 18.2. The molecule has 0 amide bonds. The highest BCUT2D eigenvalue weighted by atomic mass is 14.9. The highest BCUT2D eigenvalue weighted by molar-refractivity contribution is 6.19. The minimum absolute atomic E-state index is 0.348. The Hall–Kier alpha value is -8.46. The molecule has 0 N–H and O–H groups in total. The second kappa shape index (κ2) is 14.8. The van der Waals surface area contributed by atoms with E-state index in [4.69, 9.17) is 9.97 Å². The predicted octanol–water partition coefficient (Wildman–Crippen LogP) is 16.4. The quantitative estimate of drug-likeness (QED) is 0.161. The fraction of sp³-hybridized carbons (Fsp3) is 0.0462. The van der Waals surface area contributed by atoms with Crippen LogP contribution in [0.25, 0.3) is 106 Å². The molecule has 14 rings (SSSR count). The Balaban J connectivity index is 0.928. The molecule has 3 aliphatic rings. The van der Waals surface area contributed by atoms with Gasteiger partial charge in [0, 0.05) is 16.7 Å². The first-order valence-electron chi connectivity index (χ1n) is 23.5. The van der Waals surface area contributed by atoms with Gasteiger partial charge in [-0.05, 0) is 137 Å². The fourth-order valence-corrected chi connectivity index (χ4v) is 11.9. The molecule has 0 radical (unpaired) electrons. The molecule has 0 fully saturated rings. The first kappa shape index (κ1) is 37.9. The van der Waals surface area contributed by atoms with Crippen LogP contribution in [0.3, 0.4) is 0 Å². The van der Waals surface area contributed by atoms with E-state index in [-0.39, 0.29) is 5.41 Å². The van der Waals surface area contributed by atoms with E-state index in [1.807, 2.05) is 24.3 Å². The lowest BCUT2D eigenvalue weighted by atomic mass is 9.70. The maximum Gasteiger partial charge on any atom is 0.160 e. The molecule has 67 heavy (non-hydrogen) atoms. The van der Waals surface area contributed by atoms with Gasteiger partial charge in [0.1, 0.15) is 0 Å². The van der Waals surface area contributed by atoms with Crippen molar-refractivity contribution in [2.24, 2.45) is 0 Å². The minimum atomic E-state index is -0.348. The first-order valence-corrected chi connectivity index (χ1v) is 23.5. The van der Waals surface area contributed by atoms with Crippen molar-refractivity contribution >= 4 is 27.6 Å². The van der Waals surface area contributed by atoms with Crippen molar-refractivity contribution in [1.29, 1.82) is 0 Å². The smallest absolute Gasteiger partial charge is 0.160 e. The molecule has 2 heteroatoms. The molecule has 11 aromatic rings. The third-order valence-electron chi connectivity index (χ3n) is 14.8. The Morgan fingerprint density at radius 1 is 0.343 bits per heavy atom. The van der Waals surface area contributed by atoms with Crippen LogP contribution in [-0.2, 0) is 11.8 Å². The zero-order valence-corrected chi connectivity index (χ0v) is 36.7. The summed E-state index contributed by atoms with van der Waals surface area (Å²) in [6.07, 6.45) is 6.77. The number of nitrogens with zero attached hydrogens (tertiary/aromatic N) is 2. The molecule has 312 valence electrons. The van der Waals surface area contributed by atoms with Crippen LogP contribution < -0.4 is 0 Å². The zero-order chi connectivity index (χ0) is 44.1. The van der Waals surface area contributed by atoms with Crippen LogP contribution in [0.4, 0.5) is 0 Å². The number of allylic oxidation sites excluding steroid dienone is 1. The SMILES string of the molecule is C1=Cc2c(c3cccc(-c4cccc(-c5cc(-c6ccccc6)nc(-c6ccccc6)n5)c4)c3c3ccc(-c4ccc5c(c4)-c4ccccc4C54c5ccccc5-c5ccccc54)cc23)CC1.